The number of carbonyl (C=O) groups is 1. The normalized spacial score (nSPS) is 24.8. The van der Waals surface area contributed by atoms with E-state index in [1.165, 1.54) is 6.42 Å². The van der Waals surface area contributed by atoms with Crippen LogP contribution in [0.4, 0.5) is 0 Å². The molecule has 0 N–H and O–H groups in total. The first kappa shape index (κ1) is 21.3. The van der Waals surface area contributed by atoms with Crippen molar-refractivity contribution in [3.63, 3.8) is 0 Å². The Morgan fingerprint density at radius 1 is 1.11 bits per heavy atom. The Morgan fingerprint density at radius 2 is 1.75 bits per heavy atom. The summed E-state index contributed by atoms with van der Waals surface area (Å²) in [5, 5.41) is 0. The van der Waals surface area contributed by atoms with Gasteiger partial charge in [-0.2, -0.15) is 4.31 Å². The first-order valence-corrected chi connectivity index (χ1v) is 12.2. The van der Waals surface area contributed by atoms with Crippen molar-refractivity contribution in [2.45, 2.75) is 70.2 Å². The van der Waals surface area contributed by atoms with E-state index >= 15 is 0 Å². The molecular formula is C22H34N2O3S. The number of sulfonamides is 1. The molecule has 1 amide bonds. The fourth-order valence-electron chi connectivity index (χ4n) is 4.87. The molecule has 0 radical (unpaired) electrons. The number of benzene rings is 1. The van der Waals surface area contributed by atoms with Crippen LogP contribution in [-0.2, 0) is 10.0 Å². The third-order valence-corrected chi connectivity index (χ3v) is 8.00. The summed E-state index contributed by atoms with van der Waals surface area (Å²) in [7, 11) is -3.58. The number of amides is 1. The van der Waals surface area contributed by atoms with Crippen molar-refractivity contribution in [1.29, 1.82) is 0 Å². The number of hydrogen-bond donors (Lipinski definition) is 0. The van der Waals surface area contributed by atoms with Crippen molar-refractivity contribution >= 4 is 15.9 Å². The van der Waals surface area contributed by atoms with Crippen LogP contribution >= 0.6 is 0 Å². The van der Waals surface area contributed by atoms with Gasteiger partial charge in [0.1, 0.15) is 0 Å². The van der Waals surface area contributed by atoms with Crippen molar-refractivity contribution in [3.05, 3.63) is 29.8 Å². The fourth-order valence-corrected chi connectivity index (χ4v) is 6.59. The van der Waals surface area contributed by atoms with Crippen LogP contribution in [0, 0.1) is 11.8 Å². The molecule has 156 valence electrons. The van der Waals surface area contributed by atoms with E-state index in [2.05, 4.69) is 13.8 Å². The molecule has 1 aliphatic carbocycles. The second kappa shape index (κ2) is 8.95. The molecule has 0 bridgehead atoms. The topological polar surface area (TPSA) is 57.7 Å². The third-order valence-electron chi connectivity index (χ3n) is 6.17. The van der Waals surface area contributed by atoms with E-state index in [1.807, 2.05) is 11.8 Å². The summed E-state index contributed by atoms with van der Waals surface area (Å²) in [4.78, 5) is 15.3. The Labute approximate surface area is 170 Å². The predicted molar refractivity (Wildman–Crippen MR) is 112 cm³/mol. The van der Waals surface area contributed by atoms with Crippen LogP contribution in [0.3, 0.4) is 0 Å². The number of piperidine rings is 1. The Morgan fingerprint density at radius 3 is 2.36 bits per heavy atom. The van der Waals surface area contributed by atoms with Crippen LogP contribution in [0.2, 0.25) is 0 Å². The van der Waals surface area contributed by atoms with Crippen LogP contribution in [0.5, 0.6) is 0 Å². The molecule has 1 saturated carbocycles. The summed E-state index contributed by atoms with van der Waals surface area (Å²) >= 11 is 0. The second-order valence-electron chi connectivity index (χ2n) is 8.68. The average molecular weight is 407 g/mol. The molecule has 3 rings (SSSR count). The highest BCUT2D eigenvalue weighted by atomic mass is 32.2. The Balaban J connectivity index is 1.83. The molecule has 1 aliphatic heterocycles. The lowest BCUT2D eigenvalue weighted by atomic mass is 9.93. The second-order valence-corrected chi connectivity index (χ2v) is 10.6. The Kier molecular flexibility index (Phi) is 6.81. The fraction of sp³-hybridized carbons (Fsp3) is 0.682. The molecule has 2 aliphatic rings. The molecular weight excluding hydrogens is 372 g/mol. The van der Waals surface area contributed by atoms with Gasteiger partial charge >= 0.3 is 0 Å². The molecule has 28 heavy (non-hydrogen) atoms. The summed E-state index contributed by atoms with van der Waals surface area (Å²) in [5.41, 5.74) is 0.478. The summed E-state index contributed by atoms with van der Waals surface area (Å²) < 4.78 is 28.0. The van der Waals surface area contributed by atoms with E-state index in [0.717, 1.165) is 32.1 Å². The first-order chi connectivity index (χ1) is 13.3. The van der Waals surface area contributed by atoms with Crippen LogP contribution < -0.4 is 0 Å². The molecule has 6 heteroatoms. The number of nitrogens with zero attached hydrogens (tertiary/aromatic N) is 2. The molecule has 5 nitrogen and oxygen atoms in total. The molecule has 2 atom stereocenters. The van der Waals surface area contributed by atoms with Gasteiger partial charge in [-0.1, -0.05) is 39.2 Å². The van der Waals surface area contributed by atoms with Gasteiger partial charge in [0, 0.05) is 31.2 Å². The Bertz CT molecular complexity index is 777. The SMILES string of the molecule is CCN(C(=O)c1cccc(S(=O)(=O)N2CC(C)CC(C)C2)c1)C1CCCCC1. The molecule has 2 fully saturated rings. The van der Waals surface area contributed by atoms with Crippen molar-refractivity contribution in [3.8, 4) is 0 Å². The van der Waals surface area contributed by atoms with Crippen LogP contribution in [-0.4, -0.2) is 49.2 Å². The van der Waals surface area contributed by atoms with Gasteiger partial charge in [-0.3, -0.25) is 4.79 Å². The summed E-state index contributed by atoms with van der Waals surface area (Å²) in [6.45, 7) is 7.95. The minimum atomic E-state index is -3.58. The zero-order chi connectivity index (χ0) is 20.3. The maximum absolute atomic E-state index is 13.2. The zero-order valence-corrected chi connectivity index (χ0v) is 18.2. The molecule has 1 aromatic rings. The molecule has 1 aromatic carbocycles. The van der Waals surface area contributed by atoms with Crippen molar-refractivity contribution in [2.24, 2.45) is 11.8 Å². The van der Waals surface area contributed by atoms with Gasteiger partial charge in [-0.05, 0) is 56.2 Å². The minimum Gasteiger partial charge on any atom is -0.336 e. The lowest BCUT2D eigenvalue weighted by molar-refractivity contribution is 0.0647. The largest absolute Gasteiger partial charge is 0.336 e. The molecule has 0 spiro atoms. The monoisotopic (exact) mass is 406 g/mol. The molecule has 2 unspecified atom stereocenters. The quantitative estimate of drug-likeness (QED) is 0.738. The first-order valence-electron chi connectivity index (χ1n) is 10.7. The van der Waals surface area contributed by atoms with Crippen LogP contribution in [0.1, 0.15) is 69.7 Å². The highest BCUT2D eigenvalue weighted by Crippen LogP contribution is 2.28. The number of hydrogen-bond acceptors (Lipinski definition) is 3. The van der Waals surface area contributed by atoms with Gasteiger partial charge < -0.3 is 4.90 Å². The highest BCUT2D eigenvalue weighted by molar-refractivity contribution is 7.89. The lowest BCUT2D eigenvalue weighted by Crippen LogP contribution is -2.43. The van der Waals surface area contributed by atoms with Crippen molar-refractivity contribution < 1.29 is 13.2 Å². The smallest absolute Gasteiger partial charge is 0.254 e. The lowest BCUT2D eigenvalue weighted by Gasteiger charge is -2.34. The minimum absolute atomic E-state index is 0.0492. The summed E-state index contributed by atoms with van der Waals surface area (Å²) in [6.07, 6.45) is 6.70. The van der Waals surface area contributed by atoms with Gasteiger partial charge in [0.05, 0.1) is 4.90 Å². The Hall–Kier alpha value is -1.40. The third kappa shape index (κ3) is 4.60. The van der Waals surface area contributed by atoms with Gasteiger partial charge in [0.2, 0.25) is 10.0 Å². The van der Waals surface area contributed by atoms with E-state index in [4.69, 9.17) is 0 Å². The zero-order valence-electron chi connectivity index (χ0n) is 17.4. The average Bonchev–Trinajstić information content (AvgIpc) is 2.68. The maximum Gasteiger partial charge on any atom is 0.254 e. The van der Waals surface area contributed by atoms with E-state index in [9.17, 15) is 13.2 Å². The van der Waals surface area contributed by atoms with E-state index in [0.29, 0.717) is 37.0 Å². The molecule has 1 heterocycles. The molecule has 1 saturated heterocycles. The van der Waals surface area contributed by atoms with E-state index < -0.39 is 10.0 Å². The predicted octanol–water partition coefficient (Wildman–Crippen LogP) is 4.15. The van der Waals surface area contributed by atoms with E-state index in [-0.39, 0.29) is 16.8 Å². The van der Waals surface area contributed by atoms with Crippen LogP contribution in [0.15, 0.2) is 29.2 Å². The van der Waals surface area contributed by atoms with Gasteiger partial charge in [0.25, 0.3) is 5.91 Å². The summed E-state index contributed by atoms with van der Waals surface area (Å²) in [5.74, 6) is 0.655. The highest BCUT2D eigenvalue weighted by Gasteiger charge is 2.32. The number of rotatable bonds is 5. The number of carbonyl (C=O) groups excluding carboxylic acids is 1. The standard InChI is InChI=1S/C22H34N2O3S/c1-4-24(20-10-6-5-7-11-20)22(25)19-9-8-12-21(14-19)28(26,27)23-15-17(2)13-18(3)16-23/h8-9,12,14,17-18,20H,4-7,10-11,13,15-16H2,1-3H3. The van der Waals surface area contributed by atoms with Gasteiger partial charge in [0.15, 0.2) is 0 Å². The molecule has 0 aromatic heterocycles. The van der Waals surface area contributed by atoms with Crippen LogP contribution in [0.25, 0.3) is 0 Å². The maximum atomic E-state index is 13.2. The van der Waals surface area contributed by atoms with Gasteiger partial charge in [-0.15, -0.1) is 0 Å². The van der Waals surface area contributed by atoms with E-state index in [1.54, 1.807) is 28.6 Å². The van der Waals surface area contributed by atoms with Crippen molar-refractivity contribution in [2.75, 3.05) is 19.6 Å². The van der Waals surface area contributed by atoms with Crippen molar-refractivity contribution in [1.82, 2.24) is 9.21 Å². The summed E-state index contributed by atoms with van der Waals surface area (Å²) in [6, 6.07) is 6.91. The van der Waals surface area contributed by atoms with Gasteiger partial charge in [-0.25, -0.2) is 8.42 Å².